The van der Waals surface area contributed by atoms with E-state index in [1.165, 1.54) is 12.1 Å². The normalized spacial score (nSPS) is 10.1. The van der Waals surface area contributed by atoms with E-state index in [2.05, 4.69) is 4.98 Å². The van der Waals surface area contributed by atoms with Crippen molar-refractivity contribution in [1.82, 2.24) is 9.97 Å². The number of carboxylic acid groups (broad SMARTS) is 1. The average molecular weight is 388 g/mol. The molecule has 0 saturated heterocycles. The predicted octanol–water partition coefficient (Wildman–Crippen LogP) is 4.91. The maximum absolute atomic E-state index is 9.78. The molecule has 0 aliphatic carbocycles. The van der Waals surface area contributed by atoms with Gasteiger partial charge < -0.3 is 20.3 Å². The highest BCUT2D eigenvalue weighted by atomic mass is 16.4. The van der Waals surface area contributed by atoms with Crippen LogP contribution in [0.5, 0.6) is 11.5 Å². The van der Waals surface area contributed by atoms with E-state index in [1.54, 1.807) is 6.07 Å². The second kappa shape index (κ2) is 8.75. The lowest BCUT2D eigenvalue weighted by molar-refractivity contribution is -0.134. The van der Waals surface area contributed by atoms with E-state index in [0.29, 0.717) is 11.4 Å². The third-order valence-electron chi connectivity index (χ3n) is 4.06. The third-order valence-corrected chi connectivity index (χ3v) is 4.06. The molecule has 0 bridgehead atoms. The first-order valence-corrected chi connectivity index (χ1v) is 8.88. The van der Waals surface area contributed by atoms with Crippen LogP contribution in [0.2, 0.25) is 0 Å². The summed E-state index contributed by atoms with van der Waals surface area (Å²) in [5, 5.41) is 26.7. The first-order valence-electron chi connectivity index (χ1n) is 8.88. The molecule has 1 aromatic heterocycles. The molecule has 0 unspecified atom stereocenters. The Labute approximate surface area is 167 Å². The number of rotatable bonds is 3. The van der Waals surface area contributed by atoms with E-state index in [9.17, 15) is 10.2 Å². The first-order chi connectivity index (χ1) is 14.0. The topological polar surface area (TPSA) is 106 Å². The van der Waals surface area contributed by atoms with E-state index < -0.39 is 5.97 Å². The van der Waals surface area contributed by atoms with Gasteiger partial charge in [0.25, 0.3) is 5.97 Å². The lowest BCUT2D eigenvalue weighted by Gasteiger charge is -2.02. The second-order valence-corrected chi connectivity index (χ2v) is 6.26. The predicted molar refractivity (Wildman–Crippen MR) is 112 cm³/mol. The van der Waals surface area contributed by atoms with Crippen LogP contribution in [-0.2, 0) is 4.79 Å². The Kier molecular flexibility index (Phi) is 5.94. The zero-order valence-corrected chi connectivity index (χ0v) is 15.7. The number of hydrogen-bond donors (Lipinski definition) is 4. The fourth-order valence-corrected chi connectivity index (χ4v) is 2.80. The van der Waals surface area contributed by atoms with E-state index in [-0.39, 0.29) is 11.5 Å². The molecule has 4 rings (SSSR count). The van der Waals surface area contributed by atoms with Gasteiger partial charge in [-0.15, -0.1) is 0 Å². The second-order valence-electron chi connectivity index (χ2n) is 6.26. The van der Waals surface area contributed by atoms with Gasteiger partial charge in [0.15, 0.2) is 11.5 Å². The Morgan fingerprint density at radius 1 is 0.793 bits per heavy atom. The minimum atomic E-state index is -0.833. The lowest BCUT2D eigenvalue weighted by Crippen LogP contribution is -1.82. The van der Waals surface area contributed by atoms with Gasteiger partial charge in [-0.2, -0.15) is 0 Å². The average Bonchev–Trinajstić information content (AvgIpc) is 3.16. The van der Waals surface area contributed by atoms with Crippen LogP contribution in [0.1, 0.15) is 6.92 Å². The molecule has 0 spiro atoms. The fraction of sp³-hybridized carbons (Fsp3) is 0.0435. The summed E-state index contributed by atoms with van der Waals surface area (Å²) >= 11 is 0. The Balaban J connectivity index is 0.000000552. The van der Waals surface area contributed by atoms with Gasteiger partial charge in [-0.3, -0.25) is 4.79 Å². The smallest absolute Gasteiger partial charge is 0.300 e. The number of phenols is 2. The quantitative estimate of drug-likeness (QED) is 0.373. The van der Waals surface area contributed by atoms with Crippen molar-refractivity contribution < 1.29 is 20.1 Å². The molecule has 0 fully saturated rings. The van der Waals surface area contributed by atoms with Gasteiger partial charge >= 0.3 is 0 Å². The number of imidazole rings is 1. The van der Waals surface area contributed by atoms with Crippen molar-refractivity contribution in [2.75, 3.05) is 0 Å². The zero-order chi connectivity index (χ0) is 20.8. The Morgan fingerprint density at radius 3 is 1.90 bits per heavy atom. The largest absolute Gasteiger partial charge is 0.504 e. The number of carboxylic acids is 1. The molecule has 0 atom stereocenters. The number of aromatic nitrogens is 2. The van der Waals surface area contributed by atoms with Crippen LogP contribution >= 0.6 is 0 Å². The molecule has 3 aromatic carbocycles. The zero-order valence-electron chi connectivity index (χ0n) is 15.7. The SMILES string of the molecule is CC(=O)O.Oc1ccc(-c2nc(-c3ccccc3)c(-c3ccccc3)[nH]2)cc1O. The van der Waals surface area contributed by atoms with Gasteiger partial charge in [0.05, 0.1) is 11.4 Å². The van der Waals surface area contributed by atoms with Crippen LogP contribution < -0.4 is 0 Å². The fourth-order valence-electron chi connectivity index (χ4n) is 2.80. The number of hydrogen-bond acceptors (Lipinski definition) is 4. The molecule has 4 aromatic rings. The number of aliphatic carboxylic acids is 1. The molecule has 29 heavy (non-hydrogen) atoms. The van der Waals surface area contributed by atoms with Crippen molar-refractivity contribution in [2.24, 2.45) is 0 Å². The highest BCUT2D eigenvalue weighted by Gasteiger charge is 2.15. The summed E-state index contributed by atoms with van der Waals surface area (Å²) in [6.45, 7) is 1.08. The van der Waals surface area contributed by atoms with Gasteiger partial charge in [-0.05, 0) is 18.2 Å². The molecule has 4 N–H and O–H groups in total. The van der Waals surface area contributed by atoms with Gasteiger partial charge in [-0.1, -0.05) is 60.7 Å². The molecule has 146 valence electrons. The first kappa shape index (κ1) is 19.7. The minimum absolute atomic E-state index is 0.151. The lowest BCUT2D eigenvalue weighted by atomic mass is 10.1. The van der Waals surface area contributed by atoms with Crippen LogP contribution in [0, 0.1) is 0 Å². The maximum atomic E-state index is 9.78. The van der Waals surface area contributed by atoms with Crippen molar-refractivity contribution in [2.45, 2.75) is 6.92 Å². The summed E-state index contributed by atoms with van der Waals surface area (Å²) in [6, 6.07) is 24.6. The highest BCUT2D eigenvalue weighted by molar-refractivity contribution is 5.81. The number of H-pyrrole nitrogens is 1. The van der Waals surface area contributed by atoms with Crippen molar-refractivity contribution in [3.05, 3.63) is 78.9 Å². The molecule has 6 heteroatoms. The van der Waals surface area contributed by atoms with Crippen LogP contribution in [0.3, 0.4) is 0 Å². The van der Waals surface area contributed by atoms with Crippen molar-refractivity contribution in [3.8, 4) is 45.4 Å². The van der Waals surface area contributed by atoms with Crippen LogP contribution in [0.4, 0.5) is 0 Å². The minimum Gasteiger partial charge on any atom is -0.504 e. The third kappa shape index (κ3) is 4.81. The van der Waals surface area contributed by atoms with Crippen molar-refractivity contribution >= 4 is 5.97 Å². The number of nitrogens with one attached hydrogen (secondary N) is 1. The molecule has 0 aliphatic rings. The van der Waals surface area contributed by atoms with E-state index in [1.807, 2.05) is 60.7 Å². The van der Waals surface area contributed by atoms with E-state index >= 15 is 0 Å². The monoisotopic (exact) mass is 388 g/mol. The molecule has 6 nitrogen and oxygen atoms in total. The van der Waals surface area contributed by atoms with E-state index in [4.69, 9.17) is 14.9 Å². The van der Waals surface area contributed by atoms with Gasteiger partial charge in [0.1, 0.15) is 5.82 Å². The Bertz CT molecular complexity index is 1050. The van der Waals surface area contributed by atoms with Gasteiger partial charge in [-0.25, -0.2) is 4.98 Å². The van der Waals surface area contributed by atoms with Crippen LogP contribution in [0.15, 0.2) is 78.9 Å². The Morgan fingerprint density at radius 2 is 1.34 bits per heavy atom. The molecule has 0 aliphatic heterocycles. The van der Waals surface area contributed by atoms with E-state index in [0.717, 1.165) is 29.4 Å². The summed E-state index contributed by atoms with van der Waals surface area (Å²) in [5.41, 5.74) is 4.49. The molecule has 0 radical (unpaired) electrons. The molecule has 1 heterocycles. The molecule has 0 saturated carbocycles. The molecule has 0 amide bonds. The van der Waals surface area contributed by atoms with Gasteiger partial charge in [0.2, 0.25) is 0 Å². The van der Waals surface area contributed by atoms with Gasteiger partial charge in [0, 0.05) is 23.6 Å². The molecular formula is C23H20N2O4. The highest BCUT2D eigenvalue weighted by Crippen LogP contribution is 2.35. The summed E-state index contributed by atoms with van der Waals surface area (Å²) < 4.78 is 0. The standard InChI is InChI=1S/C21H16N2O2.C2H4O2/c24-17-12-11-16(13-18(17)25)21-22-19(14-7-3-1-4-8-14)20(23-21)15-9-5-2-6-10-15;1-2(3)4/h1-13,24-25H,(H,22,23);1H3,(H,3,4). The Hall–Kier alpha value is -4.06. The maximum Gasteiger partial charge on any atom is 0.300 e. The number of aromatic amines is 1. The number of carbonyl (C=O) groups is 1. The summed E-state index contributed by atoms with van der Waals surface area (Å²) in [4.78, 5) is 17.1. The number of phenolic OH excluding ortho intramolecular Hbond substituents is 2. The summed E-state index contributed by atoms with van der Waals surface area (Å²) in [7, 11) is 0. The summed E-state index contributed by atoms with van der Waals surface area (Å²) in [6.07, 6.45) is 0. The van der Waals surface area contributed by atoms with Crippen LogP contribution in [-0.4, -0.2) is 31.3 Å². The number of nitrogens with zero attached hydrogens (tertiary/aromatic N) is 1. The molecular weight excluding hydrogens is 368 g/mol. The van der Waals surface area contributed by atoms with Crippen LogP contribution in [0.25, 0.3) is 33.9 Å². The van der Waals surface area contributed by atoms with Crippen molar-refractivity contribution in [3.63, 3.8) is 0 Å². The summed E-state index contributed by atoms with van der Waals surface area (Å²) in [5.74, 6) is -0.522. The van der Waals surface area contributed by atoms with Crippen molar-refractivity contribution in [1.29, 1.82) is 0 Å². The number of aromatic hydroxyl groups is 2. The number of benzene rings is 3.